The average molecular weight is 267 g/mol. The summed E-state index contributed by atoms with van der Waals surface area (Å²) in [5.74, 6) is -1.16. The number of rotatable bonds is 5. The van der Waals surface area contributed by atoms with Gasteiger partial charge in [-0.2, -0.15) is 0 Å². The first kappa shape index (κ1) is 14.0. The second kappa shape index (κ2) is 6.12. The molecule has 1 aliphatic heterocycles. The van der Waals surface area contributed by atoms with Crippen molar-refractivity contribution in [1.29, 1.82) is 0 Å². The number of carboxylic acids is 1. The predicted molar refractivity (Wildman–Crippen MR) is 68.3 cm³/mol. The minimum atomic E-state index is -0.902. The number of carboxylic acid groups (broad SMARTS) is 1. The van der Waals surface area contributed by atoms with Crippen LogP contribution >= 0.6 is 0 Å². The van der Waals surface area contributed by atoms with Gasteiger partial charge in [0.1, 0.15) is 5.82 Å². The molecule has 19 heavy (non-hydrogen) atoms. The minimum absolute atomic E-state index is 0.00294. The quantitative estimate of drug-likeness (QED) is 0.858. The molecule has 1 saturated heterocycles. The lowest BCUT2D eigenvalue weighted by Crippen LogP contribution is -2.30. The Hall–Kier alpha value is -1.46. The maximum absolute atomic E-state index is 13.1. The van der Waals surface area contributed by atoms with Gasteiger partial charge in [-0.1, -0.05) is 12.1 Å². The van der Waals surface area contributed by atoms with E-state index in [1.165, 1.54) is 12.1 Å². The van der Waals surface area contributed by atoms with Crippen LogP contribution in [0.5, 0.6) is 0 Å². The van der Waals surface area contributed by atoms with E-state index in [1.54, 1.807) is 6.07 Å². The number of halogens is 1. The summed E-state index contributed by atoms with van der Waals surface area (Å²) >= 11 is 0. The van der Waals surface area contributed by atoms with E-state index in [0.29, 0.717) is 13.0 Å². The third-order valence-electron chi connectivity index (χ3n) is 3.38. The van der Waals surface area contributed by atoms with E-state index in [4.69, 9.17) is 9.84 Å². The van der Waals surface area contributed by atoms with E-state index in [-0.39, 0.29) is 18.0 Å². The maximum Gasteiger partial charge on any atom is 0.332 e. The molecule has 1 heterocycles. The molecule has 1 aromatic rings. The van der Waals surface area contributed by atoms with Crippen molar-refractivity contribution in [3.05, 3.63) is 35.6 Å². The van der Waals surface area contributed by atoms with E-state index < -0.39 is 12.1 Å². The zero-order valence-electron chi connectivity index (χ0n) is 10.8. The van der Waals surface area contributed by atoms with E-state index in [0.717, 1.165) is 12.0 Å². The molecule has 2 unspecified atom stereocenters. The Morgan fingerprint density at radius 2 is 2.37 bits per heavy atom. The molecule has 0 bridgehead atoms. The highest BCUT2D eigenvalue weighted by molar-refractivity contribution is 5.72. The summed E-state index contributed by atoms with van der Waals surface area (Å²) in [5.41, 5.74) is 0.868. The number of hydrogen-bond acceptors (Lipinski definition) is 3. The van der Waals surface area contributed by atoms with Gasteiger partial charge in [0.05, 0.1) is 6.10 Å². The van der Waals surface area contributed by atoms with Crippen LogP contribution in [0.4, 0.5) is 4.39 Å². The standard InChI is InChI=1S/C14H18FNO3/c1-9(10-3-2-4-11(15)7-10)16-8-12-5-6-13(19-12)14(17)18/h2-4,7,9,12-13,16H,5-6,8H2,1H3,(H,17,18)/t9-,12?,13?/m0/s1. The molecule has 2 rings (SSSR count). The van der Waals surface area contributed by atoms with E-state index in [1.807, 2.05) is 13.0 Å². The van der Waals surface area contributed by atoms with Crippen LogP contribution in [0.25, 0.3) is 0 Å². The van der Waals surface area contributed by atoms with Gasteiger partial charge in [-0.3, -0.25) is 0 Å². The summed E-state index contributed by atoms with van der Waals surface area (Å²) < 4.78 is 18.5. The molecular formula is C14H18FNO3. The third kappa shape index (κ3) is 3.75. The summed E-state index contributed by atoms with van der Waals surface area (Å²) in [6, 6.07) is 6.44. The number of benzene rings is 1. The highest BCUT2D eigenvalue weighted by Gasteiger charge is 2.30. The van der Waals surface area contributed by atoms with E-state index in [9.17, 15) is 9.18 Å². The highest BCUT2D eigenvalue weighted by Crippen LogP contribution is 2.20. The number of ether oxygens (including phenoxy) is 1. The van der Waals surface area contributed by atoms with Gasteiger partial charge < -0.3 is 15.2 Å². The molecule has 1 fully saturated rings. The predicted octanol–water partition coefficient (Wildman–Crippen LogP) is 2.11. The Balaban J connectivity index is 1.81. The second-order valence-electron chi connectivity index (χ2n) is 4.85. The van der Waals surface area contributed by atoms with Crippen molar-refractivity contribution in [3.8, 4) is 0 Å². The van der Waals surface area contributed by atoms with Gasteiger partial charge in [0.25, 0.3) is 0 Å². The number of aliphatic carboxylic acids is 1. The molecule has 0 aliphatic carbocycles. The van der Waals surface area contributed by atoms with Crippen LogP contribution in [-0.4, -0.2) is 29.8 Å². The average Bonchev–Trinajstić information content (AvgIpc) is 2.85. The molecule has 5 heteroatoms. The van der Waals surface area contributed by atoms with Crippen LogP contribution in [0, 0.1) is 5.82 Å². The first-order valence-corrected chi connectivity index (χ1v) is 6.43. The number of carbonyl (C=O) groups is 1. The topological polar surface area (TPSA) is 58.6 Å². The summed E-state index contributed by atoms with van der Waals surface area (Å²) in [6.07, 6.45) is 0.518. The lowest BCUT2D eigenvalue weighted by Gasteiger charge is -2.18. The molecular weight excluding hydrogens is 249 g/mol. The van der Waals surface area contributed by atoms with Crippen molar-refractivity contribution in [2.45, 2.75) is 38.0 Å². The van der Waals surface area contributed by atoms with Gasteiger partial charge in [0.2, 0.25) is 0 Å². The first-order chi connectivity index (χ1) is 9.06. The molecule has 1 aliphatic rings. The Morgan fingerprint density at radius 3 is 3.00 bits per heavy atom. The normalized spacial score (nSPS) is 24.3. The fourth-order valence-corrected chi connectivity index (χ4v) is 2.24. The molecule has 0 radical (unpaired) electrons. The number of nitrogens with one attached hydrogen (secondary N) is 1. The highest BCUT2D eigenvalue weighted by atomic mass is 19.1. The van der Waals surface area contributed by atoms with Crippen molar-refractivity contribution >= 4 is 5.97 Å². The summed E-state index contributed by atoms with van der Waals surface area (Å²) in [6.45, 7) is 2.51. The zero-order chi connectivity index (χ0) is 13.8. The van der Waals surface area contributed by atoms with E-state index in [2.05, 4.69) is 5.32 Å². The SMILES string of the molecule is C[C@H](NCC1CCC(C(=O)O)O1)c1cccc(F)c1. The molecule has 0 spiro atoms. The smallest absolute Gasteiger partial charge is 0.332 e. The summed E-state index contributed by atoms with van der Waals surface area (Å²) in [5, 5.41) is 12.1. The summed E-state index contributed by atoms with van der Waals surface area (Å²) in [7, 11) is 0. The fourth-order valence-electron chi connectivity index (χ4n) is 2.24. The fraction of sp³-hybridized carbons (Fsp3) is 0.500. The largest absolute Gasteiger partial charge is 0.479 e. The van der Waals surface area contributed by atoms with Gasteiger partial charge in [0.15, 0.2) is 6.10 Å². The lowest BCUT2D eigenvalue weighted by molar-refractivity contribution is -0.149. The maximum atomic E-state index is 13.1. The van der Waals surface area contributed by atoms with Crippen LogP contribution in [-0.2, 0) is 9.53 Å². The lowest BCUT2D eigenvalue weighted by atomic mass is 10.1. The third-order valence-corrected chi connectivity index (χ3v) is 3.38. The van der Waals surface area contributed by atoms with Crippen LogP contribution in [0.2, 0.25) is 0 Å². The first-order valence-electron chi connectivity index (χ1n) is 6.43. The molecule has 1 aromatic carbocycles. The Bertz CT molecular complexity index is 452. The Labute approximate surface area is 111 Å². The molecule has 4 nitrogen and oxygen atoms in total. The molecule has 0 saturated carbocycles. The Morgan fingerprint density at radius 1 is 1.58 bits per heavy atom. The van der Waals surface area contributed by atoms with Crippen molar-refractivity contribution in [1.82, 2.24) is 5.32 Å². The van der Waals surface area contributed by atoms with Crippen LogP contribution < -0.4 is 5.32 Å². The van der Waals surface area contributed by atoms with Gasteiger partial charge in [-0.05, 0) is 37.5 Å². The van der Waals surface area contributed by atoms with Gasteiger partial charge in [0, 0.05) is 12.6 Å². The molecule has 3 atom stereocenters. The van der Waals surface area contributed by atoms with E-state index >= 15 is 0 Å². The van der Waals surface area contributed by atoms with Gasteiger partial charge >= 0.3 is 5.97 Å². The Kier molecular flexibility index (Phi) is 4.50. The van der Waals surface area contributed by atoms with Gasteiger partial charge in [-0.15, -0.1) is 0 Å². The van der Waals surface area contributed by atoms with Crippen molar-refractivity contribution < 1.29 is 19.0 Å². The van der Waals surface area contributed by atoms with Crippen molar-refractivity contribution in [3.63, 3.8) is 0 Å². The van der Waals surface area contributed by atoms with Crippen LogP contribution in [0.1, 0.15) is 31.4 Å². The van der Waals surface area contributed by atoms with Crippen molar-refractivity contribution in [2.75, 3.05) is 6.54 Å². The number of hydrogen-bond donors (Lipinski definition) is 2. The van der Waals surface area contributed by atoms with Crippen LogP contribution in [0.15, 0.2) is 24.3 Å². The molecule has 0 amide bonds. The minimum Gasteiger partial charge on any atom is -0.479 e. The zero-order valence-corrected chi connectivity index (χ0v) is 10.8. The monoisotopic (exact) mass is 267 g/mol. The van der Waals surface area contributed by atoms with Crippen LogP contribution in [0.3, 0.4) is 0 Å². The van der Waals surface area contributed by atoms with Crippen molar-refractivity contribution in [2.24, 2.45) is 0 Å². The molecule has 2 N–H and O–H groups in total. The second-order valence-corrected chi connectivity index (χ2v) is 4.85. The van der Waals surface area contributed by atoms with Gasteiger partial charge in [-0.25, -0.2) is 9.18 Å². The molecule has 104 valence electrons. The summed E-state index contributed by atoms with van der Waals surface area (Å²) in [4.78, 5) is 10.8. The molecule has 0 aromatic heterocycles.